The van der Waals surface area contributed by atoms with Crippen molar-refractivity contribution in [3.05, 3.63) is 87.1 Å². The molecule has 0 saturated heterocycles. The van der Waals surface area contributed by atoms with Crippen LogP contribution in [0.25, 0.3) is 5.69 Å². The van der Waals surface area contributed by atoms with Crippen molar-refractivity contribution in [3.8, 4) is 5.69 Å². The molecule has 1 aliphatic rings. The van der Waals surface area contributed by atoms with Crippen molar-refractivity contribution < 1.29 is 22.7 Å². The minimum atomic E-state index is -4.54. The third-order valence-electron chi connectivity index (χ3n) is 5.55. The summed E-state index contributed by atoms with van der Waals surface area (Å²) in [5.74, 6) is -0.587. The molecule has 178 valence electrons. The van der Waals surface area contributed by atoms with Gasteiger partial charge in [0.25, 0.3) is 5.91 Å². The van der Waals surface area contributed by atoms with E-state index in [1.54, 1.807) is 30.0 Å². The molecule has 6 nitrogen and oxygen atoms in total. The topological polar surface area (TPSA) is 73.2 Å². The summed E-state index contributed by atoms with van der Waals surface area (Å²) in [5.41, 5.74) is 0.559. The van der Waals surface area contributed by atoms with Crippen molar-refractivity contribution in [2.24, 2.45) is 0 Å². The second kappa shape index (κ2) is 9.63. The minimum Gasteiger partial charge on any atom is -0.383 e. The molecule has 0 aliphatic carbocycles. The number of ether oxygens (including phenoxy) is 1. The SMILES string of the molecule is COCCNC(=O)c1c2n(c(C)cc1=O)-c1cc(C(F)(F)F)ccc1SC(c1cccnc1)C2. The highest BCUT2D eigenvalue weighted by Gasteiger charge is 2.34. The third kappa shape index (κ3) is 4.74. The number of hydrogen-bond donors (Lipinski definition) is 1. The van der Waals surface area contributed by atoms with Crippen molar-refractivity contribution in [1.29, 1.82) is 0 Å². The van der Waals surface area contributed by atoms with Gasteiger partial charge in [-0.25, -0.2) is 0 Å². The summed E-state index contributed by atoms with van der Waals surface area (Å²) in [6.07, 6.45) is -0.979. The molecule has 4 rings (SSSR count). The van der Waals surface area contributed by atoms with Crippen molar-refractivity contribution >= 4 is 17.7 Å². The number of nitrogens with zero attached hydrogens (tertiary/aromatic N) is 2. The molecule has 3 aromatic rings. The lowest BCUT2D eigenvalue weighted by Crippen LogP contribution is -2.34. The Hall–Kier alpha value is -3.11. The predicted molar refractivity (Wildman–Crippen MR) is 123 cm³/mol. The summed E-state index contributed by atoms with van der Waals surface area (Å²) >= 11 is 1.38. The number of aromatic nitrogens is 2. The second-order valence-corrected chi connectivity index (χ2v) is 9.08. The van der Waals surface area contributed by atoms with Gasteiger partial charge in [-0.15, -0.1) is 11.8 Å². The first-order valence-electron chi connectivity index (χ1n) is 10.5. The number of halogens is 3. The fourth-order valence-electron chi connectivity index (χ4n) is 4.01. The molecule has 1 aromatic carbocycles. The van der Waals surface area contributed by atoms with Crippen LogP contribution in [0.2, 0.25) is 0 Å². The molecular formula is C24H22F3N3O3S. The highest BCUT2D eigenvalue weighted by Crippen LogP contribution is 2.45. The van der Waals surface area contributed by atoms with Crippen LogP contribution >= 0.6 is 11.8 Å². The molecule has 0 saturated carbocycles. The molecular weight excluding hydrogens is 467 g/mol. The average molecular weight is 490 g/mol. The Bertz CT molecular complexity index is 1280. The Labute approximate surface area is 198 Å². The van der Waals surface area contributed by atoms with E-state index in [9.17, 15) is 22.8 Å². The summed E-state index contributed by atoms with van der Waals surface area (Å²) in [6, 6.07) is 8.49. The molecule has 10 heteroatoms. The summed E-state index contributed by atoms with van der Waals surface area (Å²) in [6.45, 7) is 2.10. The van der Waals surface area contributed by atoms with Gasteiger partial charge in [-0.3, -0.25) is 14.6 Å². The smallest absolute Gasteiger partial charge is 0.383 e. The van der Waals surface area contributed by atoms with E-state index < -0.39 is 23.1 Å². The number of pyridine rings is 2. The number of methoxy groups -OCH3 is 1. The Morgan fingerprint density at radius 2 is 2.09 bits per heavy atom. The number of carbonyl (C=O) groups is 1. The van der Waals surface area contributed by atoms with Gasteiger partial charge in [-0.05, 0) is 36.8 Å². The standard InChI is InChI=1S/C24H22F3N3O3S/c1-14-10-19(31)22(23(32)29-8-9-33-2)18-12-21(15-4-3-7-28-13-15)34-20-6-5-16(24(25,26)27)11-17(20)30(14)18/h3-7,10-11,13,21H,8-9,12H2,1-2H3,(H,29,32). The lowest BCUT2D eigenvalue weighted by Gasteiger charge is -2.20. The largest absolute Gasteiger partial charge is 0.416 e. The summed E-state index contributed by atoms with van der Waals surface area (Å²) < 4.78 is 47.3. The van der Waals surface area contributed by atoms with Crippen LogP contribution in [0.1, 0.15) is 38.1 Å². The van der Waals surface area contributed by atoms with Crippen molar-refractivity contribution in [2.75, 3.05) is 20.3 Å². The minimum absolute atomic E-state index is 0.0820. The average Bonchev–Trinajstić information content (AvgIpc) is 2.96. The predicted octanol–water partition coefficient (Wildman–Crippen LogP) is 4.33. The van der Waals surface area contributed by atoms with E-state index in [4.69, 9.17) is 4.74 Å². The normalized spacial score (nSPS) is 15.3. The van der Waals surface area contributed by atoms with E-state index in [-0.39, 0.29) is 36.1 Å². The lowest BCUT2D eigenvalue weighted by atomic mass is 10.0. The van der Waals surface area contributed by atoms with Crippen LogP contribution in [0.4, 0.5) is 13.2 Å². The molecule has 1 N–H and O–H groups in total. The summed E-state index contributed by atoms with van der Waals surface area (Å²) in [5, 5.41) is 2.40. The van der Waals surface area contributed by atoms with Crippen molar-refractivity contribution in [1.82, 2.24) is 14.9 Å². The van der Waals surface area contributed by atoms with E-state index in [2.05, 4.69) is 10.3 Å². The second-order valence-electron chi connectivity index (χ2n) is 7.83. The number of amides is 1. The van der Waals surface area contributed by atoms with Gasteiger partial charge in [0.05, 0.1) is 17.9 Å². The highest BCUT2D eigenvalue weighted by molar-refractivity contribution is 7.99. The van der Waals surface area contributed by atoms with Crippen LogP contribution < -0.4 is 10.7 Å². The summed E-state index contributed by atoms with van der Waals surface area (Å²) in [4.78, 5) is 30.8. The maximum Gasteiger partial charge on any atom is 0.416 e. The molecule has 1 atom stereocenters. The number of alkyl halides is 3. The molecule has 1 amide bonds. The van der Waals surface area contributed by atoms with Crippen molar-refractivity contribution in [2.45, 2.75) is 29.7 Å². The number of carbonyl (C=O) groups excluding carboxylic acids is 1. The van der Waals surface area contributed by atoms with Gasteiger partial charge in [0.15, 0.2) is 5.43 Å². The van der Waals surface area contributed by atoms with Crippen LogP contribution in [0.3, 0.4) is 0 Å². The molecule has 2 aromatic heterocycles. The van der Waals surface area contributed by atoms with Gasteiger partial charge in [0, 0.05) is 60.1 Å². The first-order valence-corrected chi connectivity index (χ1v) is 11.4. The van der Waals surface area contributed by atoms with Gasteiger partial charge in [0.2, 0.25) is 0 Å². The Kier molecular flexibility index (Phi) is 6.81. The summed E-state index contributed by atoms with van der Waals surface area (Å²) in [7, 11) is 1.49. The van der Waals surface area contributed by atoms with Gasteiger partial charge < -0.3 is 14.6 Å². The first kappa shape index (κ1) is 24.0. The Morgan fingerprint density at radius 1 is 1.29 bits per heavy atom. The van der Waals surface area contributed by atoms with Gasteiger partial charge in [-0.1, -0.05) is 6.07 Å². The number of nitrogens with one attached hydrogen (secondary N) is 1. The molecule has 34 heavy (non-hydrogen) atoms. The van der Waals surface area contributed by atoms with E-state index >= 15 is 0 Å². The number of hydrogen-bond acceptors (Lipinski definition) is 5. The monoisotopic (exact) mass is 489 g/mol. The van der Waals surface area contributed by atoms with Crippen LogP contribution in [-0.4, -0.2) is 35.7 Å². The maximum absolute atomic E-state index is 13.6. The van der Waals surface area contributed by atoms with E-state index in [1.807, 2.05) is 6.07 Å². The van der Waals surface area contributed by atoms with Crippen LogP contribution in [0.15, 0.2) is 58.5 Å². The molecule has 0 radical (unpaired) electrons. The third-order valence-corrected chi connectivity index (χ3v) is 6.87. The van der Waals surface area contributed by atoms with E-state index in [0.717, 1.165) is 17.7 Å². The van der Waals surface area contributed by atoms with Gasteiger partial charge in [-0.2, -0.15) is 13.2 Å². The van der Waals surface area contributed by atoms with Gasteiger partial charge in [0.1, 0.15) is 5.56 Å². The number of rotatable bonds is 5. The molecule has 1 aliphatic heterocycles. The highest BCUT2D eigenvalue weighted by atomic mass is 32.2. The molecule has 0 fully saturated rings. The Balaban J connectivity index is 1.96. The molecule has 1 unspecified atom stereocenters. The number of fused-ring (bicyclic) bond motifs is 3. The number of thioether (sulfide) groups is 1. The zero-order valence-electron chi connectivity index (χ0n) is 18.5. The quantitative estimate of drug-likeness (QED) is 0.541. The van der Waals surface area contributed by atoms with Crippen LogP contribution in [0.5, 0.6) is 0 Å². The fourth-order valence-corrected chi connectivity index (χ4v) is 5.25. The zero-order valence-corrected chi connectivity index (χ0v) is 19.3. The zero-order chi connectivity index (χ0) is 24.5. The van der Waals surface area contributed by atoms with E-state index in [0.29, 0.717) is 16.3 Å². The molecule has 0 bridgehead atoms. The molecule has 3 heterocycles. The van der Waals surface area contributed by atoms with Crippen LogP contribution in [0, 0.1) is 6.92 Å². The fraction of sp³-hybridized carbons (Fsp3) is 0.292. The van der Waals surface area contributed by atoms with Gasteiger partial charge >= 0.3 is 6.18 Å². The molecule has 0 spiro atoms. The van der Waals surface area contributed by atoms with Crippen molar-refractivity contribution in [3.63, 3.8) is 0 Å². The lowest BCUT2D eigenvalue weighted by molar-refractivity contribution is -0.137. The van der Waals surface area contributed by atoms with Crippen LogP contribution in [-0.2, 0) is 17.3 Å². The number of benzene rings is 1. The number of aryl methyl sites for hydroxylation is 1. The maximum atomic E-state index is 13.6. The first-order chi connectivity index (χ1) is 16.2. The Morgan fingerprint density at radius 3 is 2.76 bits per heavy atom. The van der Waals surface area contributed by atoms with E-state index in [1.165, 1.54) is 31.0 Å².